The lowest BCUT2D eigenvalue weighted by Gasteiger charge is -2.52. The van der Waals surface area contributed by atoms with E-state index in [1.54, 1.807) is 0 Å². The summed E-state index contributed by atoms with van der Waals surface area (Å²) in [5.41, 5.74) is 4.97. The van der Waals surface area contributed by atoms with E-state index in [9.17, 15) is 9.18 Å². The molecule has 2 bridgehead atoms. The molecule has 172 valence electrons. The Morgan fingerprint density at radius 3 is 2.34 bits per heavy atom. The molecule has 0 unspecified atom stereocenters. The molecule has 1 aromatic carbocycles. The number of aromatic nitrogens is 2. The number of ether oxygens (including phenoxy) is 1. The van der Waals surface area contributed by atoms with E-state index in [1.807, 2.05) is 32.9 Å². The van der Waals surface area contributed by atoms with Crippen molar-refractivity contribution in [3.63, 3.8) is 0 Å². The monoisotopic (exact) mass is 439 g/mol. The summed E-state index contributed by atoms with van der Waals surface area (Å²) in [6.07, 6.45) is 7.19. The van der Waals surface area contributed by atoms with Crippen LogP contribution in [0.25, 0.3) is 0 Å². The van der Waals surface area contributed by atoms with Gasteiger partial charge in [0, 0.05) is 23.2 Å². The smallest absolute Gasteiger partial charge is 0.226 e. The first-order valence-electron chi connectivity index (χ1n) is 11.7. The lowest BCUT2D eigenvalue weighted by Crippen LogP contribution is -2.51. The number of aromatic amines is 1. The van der Waals surface area contributed by atoms with E-state index in [0.29, 0.717) is 24.9 Å². The summed E-state index contributed by atoms with van der Waals surface area (Å²) in [5.74, 6) is 0.963. The van der Waals surface area contributed by atoms with Crippen LogP contribution in [0.1, 0.15) is 74.4 Å². The van der Waals surface area contributed by atoms with Crippen molar-refractivity contribution in [2.45, 2.75) is 77.7 Å². The van der Waals surface area contributed by atoms with E-state index in [0.717, 1.165) is 61.2 Å². The fourth-order valence-electron chi connectivity index (χ4n) is 5.44. The van der Waals surface area contributed by atoms with Crippen LogP contribution in [-0.4, -0.2) is 22.7 Å². The average Bonchev–Trinajstić information content (AvgIpc) is 3.16. The highest BCUT2D eigenvalue weighted by Gasteiger charge is 2.52. The molecule has 3 aliphatic rings. The number of hydrogen-bond donors (Lipinski definition) is 2. The molecule has 3 saturated carbocycles. The maximum absolute atomic E-state index is 13.2. The zero-order valence-electron chi connectivity index (χ0n) is 19.4. The highest BCUT2D eigenvalue weighted by atomic mass is 19.1. The summed E-state index contributed by atoms with van der Waals surface area (Å²) >= 11 is 0. The fourth-order valence-corrected chi connectivity index (χ4v) is 5.44. The Kier molecular flexibility index (Phi) is 6.40. The number of nitrogens with one attached hydrogen (secondary N) is 2. The number of aryl methyl sites for hydroxylation is 2. The molecular weight excluding hydrogens is 405 g/mol. The van der Waals surface area contributed by atoms with Gasteiger partial charge < -0.3 is 10.1 Å². The SMILES string of the molecule is CC/C(=C\F)COc1ccc(C23CCC(C(=O)NCc4c(C)n[nH]c4C)(CC2)CC3)cc1. The zero-order valence-corrected chi connectivity index (χ0v) is 19.4. The second kappa shape index (κ2) is 9.08. The second-order valence-corrected chi connectivity index (χ2v) is 9.59. The van der Waals surface area contributed by atoms with Gasteiger partial charge in [0.05, 0.1) is 12.0 Å². The lowest BCUT2D eigenvalue weighted by molar-refractivity contribution is -0.138. The Labute approximate surface area is 189 Å². The minimum Gasteiger partial charge on any atom is -0.489 e. The molecule has 32 heavy (non-hydrogen) atoms. The van der Waals surface area contributed by atoms with E-state index >= 15 is 0 Å². The topological polar surface area (TPSA) is 67.0 Å². The van der Waals surface area contributed by atoms with Crippen molar-refractivity contribution in [2.75, 3.05) is 6.61 Å². The molecule has 2 aromatic rings. The van der Waals surface area contributed by atoms with Crippen molar-refractivity contribution in [3.8, 4) is 5.75 Å². The third-order valence-electron chi connectivity index (χ3n) is 7.93. The number of nitrogens with zero attached hydrogens (tertiary/aromatic N) is 1. The van der Waals surface area contributed by atoms with Gasteiger partial charge in [-0.25, -0.2) is 4.39 Å². The first-order valence-corrected chi connectivity index (χ1v) is 11.7. The number of amides is 1. The van der Waals surface area contributed by atoms with Crippen LogP contribution < -0.4 is 10.1 Å². The van der Waals surface area contributed by atoms with Crippen molar-refractivity contribution in [1.29, 1.82) is 0 Å². The number of carbonyl (C=O) groups is 1. The van der Waals surface area contributed by atoms with Crippen LogP contribution in [0.2, 0.25) is 0 Å². The highest BCUT2D eigenvalue weighted by Crippen LogP contribution is 2.58. The number of fused-ring (bicyclic) bond motifs is 3. The Morgan fingerprint density at radius 2 is 1.81 bits per heavy atom. The molecule has 5 nitrogen and oxygen atoms in total. The van der Waals surface area contributed by atoms with Crippen LogP contribution in [-0.2, 0) is 16.8 Å². The Morgan fingerprint density at radius 1 is 1.16 bits per heavy atom. The van der Waals surface area contributed by atoms with Crippen LogP contribution in [0.4, 0.5) is 4.39 Å². The van der Waals surface area contributed by atoms with Gasteiger partial charge in [0.1, 0.15) is 12.4 Å². The van der Waals surface area contributed by atoms with Crippen molar-refractivity contribution >= 4 is 5.91 Å². The second-order valence-electron chi connectivity index (χ2n) is 9.59. The van der Waals surface area contributed by atoms with Crippen molar-refractivity contribution in [1.82, 2.24) is 15.5 Å². The molecule has 5 rings (SSSR count). The van der Waals surface area contributed by atoms with Gasteiger partial charge in [-0.15, -0.1) is 0 Å². The number of halogens is 1. The molecule has 0 aliphatic heterocycles. The van der Waals surface area contributed by atoms with E-state index < -0.39 is 0 Å². The van der Waals surface area contributed by atoms with Gasteiger partial charge in [-0.05, 0) is 87.5 Å². The molecule has 1 aromatic heterocycles. The molecule has 6 heteroatoms. The lowest BCUT2D eigenvalue weighted by atomic mass is 9.51. The quantitative estimate of drug-likeness (QED) is 0.564. The first-order chi connectivity index (χ1) is 15.4. The number of carbonyl (C=O) groups excluding carboxylic acids is 1. The average molecular weight is 440 g/mol. The molecule has 0 spiro atoms. The number of H-pyrrole nitrogens is 1. The highest BCUT2D eigenvalue weighted by molar-refractivity contribution is 5.83. The fraction of sp³-hybridized carbons (Fsp3) is 0.538. The van der Waals surface area contributed by atoms with Crippen LogP contribution >= 0.6 is 0 Å². The number of hydrogen-bond acceptors (Lipinski definition) is 3. The predicted octanol–water partition coefficient (Wildman–Crippen LogP) is 5.58. The standard InChI is InChI=1S/C26H34FN3O2/c1-4-20(15-27)17-32-22-7-5-21(6-8-22)25-9-12-26(13-10-25,14-11-25)24(31)28-16-23-18(2)29-30-19(23)3/h5-8,15H,4,9-14,16-17H2,1-3H3,(H,28,31)(H,29,30)/b20-15+. The van der Waals surface area contributed by atoms with Gasteiger partial charge in [0.2, 0.25) is 5.91 Å². The van der Waals surface area contributed by atoms with Crippen LogP contribution in [0, 0.1) is 19.3 Å². The van der Waals surface area contributed by atoms with Gasteiger partial charge in [-0.1, -0.05) is 19.1 Å². The van der Waals surface area contributed by atoms with Crippen molar-refractivity contribution in [2.24, 2.45) is 5.41 Å². The molecule has 0 radical (unpaired) electrons. The molecule has 1 amide bonds. The Hall–Kier alpha value is -2.63. The number of benzene rings is 1. The van der Waals surface area contributed by atoms with E-state index in [2.05, 4.69) is 27.6 Å². The van der Waals surface area contributed by atoms with Crippen LogP contribution in [0.15, 0.2) is 36.2 Å². The van der Waals surface area contributed by atoms with Gasteiger partial charge in [0.15, 0.2) is 0 Å². The molecule has 0 saturated heterocycles. The minimum absolute atomic E-state index is 0.158. The maximum atomic E-state index is 13.2. The van der Waals surface area contributed by atoms with E-state index in [4.69, 9.17) is 4.74 Å². The van der Waals surface area contributed by atoms with Gasteiger partial charge in [-0.2, -0.15) is 5.10 Å². The van der Waals surface area contributed by atoms with Gasteiger partial charge >= 0.3 is 0 Å². The molecule has 3 fully saturated rings. The van der Waals surface area contributed by atoms with Gasteiger partial charge in [0.25, 0.3) is 0 Å². The zero-order chi connectivity index (χ0) is 22.8. The summed E-state index contributed by atoms with van der Waals surface area (Å²) in [6.45, 7) is 6.70. The maximum Gasteiger partial charge on any atom is 0.226 e. The first kappa shape index (κ1) is 22.6. The van der Waals surface area contributed by atoms with Crippen LogP contribution in [0.5, 0.6) is 5.75 Å². The predicted molar refractivity (Wildman–Crippen MR) is 123 cm³/mol. The molecular formula is C26H34FN3O2. The normalized spacial score (nSPS) is 25.1. The molecule has 2 N–H and O–H groups in total. The molecule has 3 aliphatic carbocycles. The number of rotatable bonds is 8. The Balaban J connectivity index is 1.36. The summed E-state index contributed by atoms with van der Waals surface area (Å²) in [4.78, 5) is 13.2. The van der Waals surface area contributed by atoms with Gasteiger partial charge in [-0.3, -0.25) is 9.89 Å². The summed E-state index contributed by atoms with van der Waals surface area (Å²) in [6, 6.07) is 8.30. The Bertz CT molecular complexity index is 949. The van der Waals surface area contributed by atoms with E-state index in [-0.39, 0.29) is 23.3 Å². The summed E-state index contributed by atoms with van der Waals surface area (Å²) in [5, 5.41) is 10.4. The van der Waals surface area contributed by atoms with Crippen LogP contribution in [0.3, 0.4) is 0 Å². The van der Waals surface area contributed by atoms with Crippen molar-refractivity contribution < 1.29 is 13.9 Å². The summed E-state index contributed by atoms with van der Waals surface area (Å²) in [7, 11) is 0. The van der Waals surface area contributed by atoms with E-state index in [1.165, 1.54) is 5.56 Å². The third kappa shape index (κ3) is 4.19. The minimum atomic E-state index is -0.231. The summed E-state index contributed by atoms with van der Waals surface area (Å²) < 4.78 is 18.5. The molecule has 1 heterocycles. The largest absolute Gasteiger partial charge is 0.489 e. The molecule has 0 atom stereocenters. The third-order valence-corrected chi connectivity index (χ3v) is 7.93. The van der Waals surface area contributed by atoms with Crippen molar-refractivity contribution in [3.05, 3.63) is 58.7 Å².